The molecule has 0 atom stereocenters. The molecule has 0 aliphatic carbocycles. The van der Waals surface area contributed by atoms with Crippen LogP contribution in [0.5, 0.6) is 0 Å². The van der Waals surface area contributed by atoms with Gasteiger partial charge in [-0.15, -0.1) is 0 Å². The molecule has 0 unspecified atom stereocenters. The van der Waals surface area contributed by atoms with Crippen LogP contribution in [0.4, 0.5) is 0 Å². The first-order valence-corrected chi connectivity index (χ1v) is 7.70. The van der Waals surface area contributed by atoms with Gasteiger partial charge in [-0.3, -0.25) is 4.99 Å². The minimum atomic E-state index is 0.590. The highest BCUT2D eigenvalue weighted by Crippen LogP contribution is 2.19. The van der Waals surface area contributed by atoms with Gasteiger partial charge in [0.1, 0.15) is 6.26 Å². The second kappa shape index (κ2) is 7.64. The van der Waals surface area contributed by atoms with Crippen LogP contribution < -0.4 is 5.73 Å². The average Bonchev–Trinajstić information content (AvgIpc) is 2.98. The van der Waals surface area contributed by atoms with Gasteiger partial charge in [0.2, 0.25) is 5.89 Å². The van der Waals surface area contributed by atoms with Crippen LogP contribution in [0.15, 0.2) is 39.9 Å². The highest BCUT2D eigenvalue weighted by molar-refractivity contribution is 5.77. The normalized spacial score (nSPS) is 11.7. The molecule has 0 bridgehead atoms. The summed E-state index contributed by atoms with van der Waals surface area (Å²) in [7, 11) is 0. The number of guanidine groups is 1. The standard InChI is InChI=1S/C17H24N4O/c1-4-21(5-2)17(18)19-11-10-15-12-22-16(20-15)14-8-6-13(3)7-9-14/h6-9,12H,4-5,10-11H2,1-3H3,(H2,18,19). The largest absolute Gasteiger partial charge is 0.444 e. The smallest absolute Gasteiger partial charge is 0.226 e. The summed E-state index contributed by atoms with van der Waals surface area (Å²) >= 11 is 0. The summed E-state index contributed by atoms with van der Waals surface area (Å²) in [5.74, 6) is 1.24. The average molecular weight is 300 g/mol. The predicted octanol–water partition coefficient (Wildman–Crippen LogP) is 2.85. The van der Waals surface area contributed by atoms with Crippen molar-refractivity contribution in [3.63, 3.8) is 0 Å². The molecular weight excluding hydrogens is 276 g/mol. The molecule has 1 heterocycles. The first-order valence-electron chi connectivity index (χ1n) is 7.70. The lowest BCUT2D eigenvalue weighted by molar-refractivity contribution is 0.458. The monoisotopic (exact) mass is 300 g/mol. The Balaban J connectivity index is 1.95. The van der Waals surface area contributed by atoms with Crippen molar-refractivity contribution in [2.75, 3.05) is 19.6 Å². The number of aliphatic imine (C=N–C) groups is 1. The Labute approximate surface area is 131 Å². The maximum atomic E-state index is 5.95. The van der Waals surface area contributed by atoms with Crippen molar-refractivity contribution < 1.29 is 4.42 Å². The first kappa shape index (κ1) is 16.1. The fraction of sp³-hybridized carbons (Fsp3) is 0.412. The van der Waals surface area contributed by atoms with Gasteiger partial charge in [0.15, 0.2) is 5.96 Å². The Kier molecular flexibility index (Phi) is 5.58. The molecule has 5 heteroatoms. The minimum Gasteiger partial charge on any atom is -0.444 e. The first-order chi connectivity index (χ1) is 10.6. The molecule has 5 nitrogen and oxygen atoms in total. The molecule has 0 spiro atoms. The van der Waals surface area contributed by atoms with Crippen LogP contribution in [0.3, 0.4) is 0 Å². The van der Waals surface area contributed by atoms with Crippen molar-refractivity contribution in [2.45, 2.75) is 27.2 Å². The van der Waals surface area contributed by atoms with Gasteiger partial charge in [-0.2, -0.15) is 0 Å². The highest BCUT2D eigenvalue weighted by Gasteiger charge is 2.07. The van der Waals surface area contributed by atoms with Crippen LogP contribution in [0.1, 0.15) is 25.1 Å². The molecule has 0 saturated carbocycles. The number of nitrogens with two attached hydrogens (primary N) is 1. The molecule has 2 rings (SSSR count). The van der Waals surface area contributed by atoms with E-state index in [2.05, 4.69) is 30.7 Å². The molecule has 1 aromatic heterocycles. The van der Waals surface area contributed by atoms with Gasteiger partial charge in [0, 0.05) is 31.6 Å². The van der Waals surface area contributed by atoms with Gasteiger partial charge in [0.05, 0.1) is 5.69 Å². The van der Waals surface area contributed by atoms with Crippen LogP contribution in [0.25, 0.3) is 11.5 Å². The zero-order valence-corrected chi connectivity index (χ0v) is 13.5. The lowest BCUT2D eigenvalue weighted by Gasteiger charge is -2.19. The molecule has 2 aromatic rings. The summed E-state index contributed by atoms with van der Waals surface area (Å²) in [6.07, 6.45) is 2.41. The Hall–Kier alpha value is -2.30. The summed E-state index contributed by atoms with van der Waals surface area (Å²) in [5.41, 5.74) is 9.05. The van der Waals surface area contributed by atoms with E-state index in [0.717, 1.165) is 30.8 Å². The van der Waals surface area contributed by atoms with Gasteiger partial charge < -0.3 is 15.1 Å². The number of aromatic nitrogens is 1. The van der Waals surface area contributed by atoms with Crippen molar-refractivity contribution >= 4 is 5.96 Å². The third kappa shape index (κ3) is 4.10. The Bertz CT molecular complexity index is 612. The maximum Gasteiger partial charge on any atom is 0.226 e. The molecule has 0 aliphatic heterocycles. The van der Waals surface area contributed by atoms with Crippen molar-refractivity contribution in [1.82, 2.24) is 9.88 Å². The molecule has 0 aliphatic rings. The molecule has 22 heavy (non-hydrogen) atoms. The zero-order valence-electron chi connectivity index (χ0n) is 13.5. The van der Waals surface area contributed by atoms with Crippen molar-refractivity contribution in [1.29, 1.82) is 0 Å². The van der Waals surface area contributed by atoms with E-state index in [1.54, 1.807) is 6.26 Å². The molecule has 2 N–H and O–H groups in total. The van der Waals surface area contributed by atoms with E-state index in [9.17, 15) is 0 Å². The summed E-state index contributed by atoms with van der Waals surface area (Å²) in [6.45, 7) is 8.54. The second-order valence-electron chi connectivity index (χ2n) is 5.17. The van der Waals surface area contributed by atoms with Crippen LogP contribution in [-0.2, 0) is 6.42 Å². The van der Waals surface area contributed by atoms with E-state index < -0.39 is 0 Å². The molecule has 1 aromatic carbocycles. The summed E-state index contributed by atoms with van der Waals surface area (Å²) in [6, 6.07) is 8.13. The van der Waals surface area contributed by atoms with Crippen LogP contribution >= 0.6 is 0 Å². The van der Waals surface area contributed by atoms with Crippen LogP contribution in [0, 0.1) is 6.92 Å². The van der Waals surface area contributed by atoms with Gasteiger partial charge in [-0.05, 0) is 32.9 Å². The van der Waals surface area contributed by atoms with Crippen molar-refractivity contribution in [2.24, 2.45) is 10.7 Å². The number of rotatable bonds is 6. The zero-order chi connectivity index (χ0) is 15.9. The van der Waals surface area contributed by atoms with E-state index in [-0.39, 0.29) is 0 Å². The lowest BCUT2D eigenvalue weighted by atomic mass is 10.1. The summed E-state index contributed by atoms with van der Waals surface area (Å²) in [5, 5.41) is 0. The Morgan fingerprint density at radius 1 is 1.23 bits per heavy atom. The fourth-order valence-electron chi connectivity index (χ4n) is 2.18. The van der Waals surface area contributed by atoms with Crippen molar-refractivity contribution in [3.05, 3.63) is 41.8 Å². The lowest BCUT2D eigenvalue weighted by Crippen LogP contribution is -2.37. The number of oxazole rings is 1. The minimum absolute atomic E-state index is 0.590. The quantitative estimate of drug-likeness (QED) is 0.658. The van der Waals surface area contributed by atoms with Gasteiger partial charge in [-0.25, -0.2) is 4.98 Å². The van der Waals surface area contributed by atoms with Gasteiger partial charge in [-0.1, -0.05) is 17.7 Å². The molecule has 0 saturated heterocycles. The Morgan fingerprint density at radius 2 is 1.91 bits per heavy atom. The maximum absolute atomic E-state index is 5.95. The Morgan fingerprint density at radius 3 is 2.55 bits per heavy atom. The van der Waals surface area contributed by atoms with E-state index in [1.165, 1.54) is 5.56 Å². The summed E-state index contributed by atoms with van der Waals surface area (Å²) in [4.78, 5) is 10.9. The third-order valence-electron chi connectivity index (χ3n) is 3.58. The van der Waals surface area contributed by atoms with E-state index in [1.807, 2.05) is 29.2 Å². The molecule has 0 fully saturated rings. The van der Waals surface area contributed by atoms with Gasteiger partial charge >= 0.3 is 0 Å². The number of hydrogen-bond donors (Lipinski definition) is 1. The van der Waals surface area contributed by atoms with Crippen LogP contribution in [0.2, 0.25) is 0 Å². The van der Waals surface area contributed by atoms with E-state index in [0.29, 0.717) is 18.4 Å². The fourth-order valence-corrected chi connectivity index (χ4v) is 2.18. The number of hydrogen-bond acceptors (Lipinski definition) is 3. The van der Waals surface area contributed by atoms with Crippen LogP contribution in [-0.4, -0.2) is 35.5 Å². The van der Waals surface area contributed by atoms with Crippen molar-refractivity contribution in [3.8, 4) is 11.5 Å². The van der Waals surface area contributed by atoms with E-state index >= 15 is 0 Å². The number of nitrogens with zero attached hydrogens (tertiary/aromatic N) is 3. The SMILES string of the molecule is CCN(CC)C(N)=NCCc1coc(-c2ccc(C)cc2)n1. The topological polar surface area (TPSA) is 67.7 Å². The third-order valence-corrected chi connectivity index (χ3v) is 3.58. The molecule has 0 amide bonds. The molecule has 118 valence electrons. The van der Waals surface area contributed by atoms with E-state index in [4.69, 9.17) is 10.2 Å². The molecular formula is C17H24N4O. The number of aryl methyl sites for hydroxylation is 1. The van der Waals surface area contributed by atoms with Gasteiger partial charge in [0.25, 0.3) is 0 Å². The second-order valence-corrected chi connectivity index (χ2v) is 5.17. The number of benzene rings is 1. The highest BCUT2D eigenvalue weighted by atomic mass is 16.3. The predicted molar refractivity (Wildman–Crippen MR) is 89.8 cm³/mol. The molecule has 0 radical (unpaired) electrons. The summed E-state index contributed by atoms with van der Waals surface area (Å²) < 4.78 is 5.54.